The number of nitrogens with one attached hydrogen (secondary N) is 1. The Balaban J connectivity index is 4.47. The van der Waals surface area contributed by atoms with Gasteiger partial charge in [0.05, 0.1) is 25.2 Å². The summed E-state index contributed by atoms with van der Waals surface area (Å²) in [4.78, 5) is 26.0. The summed E-state index contributed by atoms with van der Waals surface area (Å²) in [6, 6.07) is -0.697. The maximum Gasteiger partial charge on any atom is 0.306 e. The number of hydrogen-bond donors (Lipinski definition) is 3. The molecule has 6 heteroatoms. The van der Waals surface area contributed by atoms with Crippen LogP contribution >= 0.6 is 0 Å². The molecule has 3 N–H and O–H groups in total. The van der Waals surface area contributed by atoms with E-state index in [4.69, 9.17) is 4.74 Å². The zero-order chi connectivity index (χ0) is 41.7. The third kappa shape index (κ3) is 40.9. The summed E-state index contributed by atoms with van der Waals surface area (Å²) in [6.45, 7) is 6.45. The van der Waals surface area contributed by atoms with Crippen LogP contribution < -0.4 is 5.32 Å². The molecule has 0 heterocycles. The minimum Gasteiger partial charge on any atom is -0.462 e. The molecule has 0 aliphatic carbocycles. The van der Waals surface area contributed by atoms with Gasteiger partial charge in [0, 0.05) is 6.42 Å². The second kappa shape index (κ2) is 45.4. The van der Waals surface area contributed by atoms with Crippen LogP contribution in [0.2, 0.25) is 0 Å². The molecule has 1 amide bonds. The lowest BCUT2D eigenvalue weighted by molar-refractivity contribution is -0.151. The Bertz CT molecular complexity index is 904. The van der Waals surface area contributed by atoms with Crippen molar-refractivity contribution in [3.8, 4) is 0 Å². The van der Waals surface area contributed by atoms with Gasteiger partial charge >= 0.3 is 5.97 Å². The van der Waals surface area contributed by atoms with E-state index < -0.39 is 18.2 Å². The molecule has 0 fully saturated rings. The molecular formula is C51H97NO5. The van der Waals surface area contributed by atoms with Crippen LogP contribution in [-0.4, -0.2) is 46.9 Å². The fraction of sp³-hybridized carbons (Fsp3) is 0.882. The SMILES string of the molecule is CCCCC/C=C/C=C/CCCCCCCCC(=O)OC(CCCCCCCCCCC)CC(=O)NC(CO)C(O)CCCCCCCCCCCCCCCC. The average Bonchev–Trinajstić information content (AvgIpc) is 3.20. The van der Waals surface area contributed by atoms with Gasteiger partial charge in [0.2, 0.25) is 5.91 Å². The van der Waals surface area contributed by atoms with Crippen molar-refractivity contribution in [2.75, 3.05) is 6.61 Å². The van der Waals surface area contributed by atoms with Gasteiger partial charge < -0.3 is 20.3 Å². The summed E-state index contributed by atoms with van der Waals surface area (Å²) in [6.07, 6.45) is 50.9. The average molecular weight is 804 g/mol. The summed E-state index contributed by atoms with van der Waals surface area (Å²) in [5, 5.41) is 23.7. The van der Waals surface area contributed by atoms with Crippen molar-refractivity contribution in [2.45, 2.75) is 283 Å². The number of allylic oxidation sites excluding steroid dienone is 4. The van der Waals surface area contributed by atoms with Crippen LogP contribution in [0.15, 0.2) is 24.3 Å². The maximum absolute atomic E-state index is 13.1. The monoisotopic (exact) mass is 804 g/mol. The second-order valence-electron chi connectivity index (χ2n) is 17.3. The fourth-order valence-electron chi connectivity index (χ4n) is 7.72. The van der Waals surface area contributed by atoms with E-state index in [0.717, 1.165) is 51.4 Å². The van der Waals surface area contributed by atoms with Gasteiger partial charge in [-0.05, 0) is 51.4 Å². The third-order valence-corrected chi connectivity index (χ3v) is 11.6. The molecule has 3 unspecified atom stereocenters. The summed E-state index contributed by atoms with van der Waals surface area (Å²) in [5.41, 5.74) is 0. The van der Waals surface area contributed by atoms with Crippen molar-refractivity contribution in [1.29, 1.82) is 0 Å². The van der Waals surface area contributed by atoms with E-state index in [2.05, 4.69) is 50.4 Å². The van der Waals surface area contributed by atoms with Crippen LogP contribution in [0.4, 0.5) is 0 Å². The van der Waals surface area contributed by atoms with E-state index >= 15 is 0 Å². The number of aliphatic hydroxyl groups excluding tert-OH is 2. The van der Waals surface area contributed by atoms with Gasteiger partial charge in [0.1, 0.15) is 6.10 Å². The van der Waals surface area contributed by atoms with E-state index in [0.29, 0.717) is 19.3 Å². The predicted octanol–water partition coefficient (Wildman–Crippen LogP) is 14.7. The molecule has 0 rings (SSSR count). The van der Waals surface area contributed by atoms with Crippen LogP contribution in [0.25, 0.3) is 0 Å². The molecule has 6 nitrogen and oxygen atoms in total. The lowest BCUT2D eigenvalue weighted by Crippen LogP contribution is -2.46. The van der Waals surface area contributed by atoms with Gasteiger partial charge in [-0.3, -0.25) is 9.59 Å². The molecule has 0 saturated carbocycles. The van der Waals surface area contributed by atoms with Crippen molar-refractivity contribution >= 4 is 11.9 Å². The second-order valence-corrected chi connectivity index (χ2v) is 17.3. The quantitative estimate of drug-likeness (QED) is 0.0324. The summed E-state index contributed by atoms with van der Waals surface area (Å²) in [7, 11) is 0. The van der Waals surface area contributed by atoms with Gasteiger partial charge in [-0.2, -0.15) is 0 Å². The standard InChI is InChI=1S/C51H97NO5/c1-4-7-10-13-16-19-21-23-25-27-29-32-35-38-41-44-51(56)57-47(42-39-36-33-30-18-15-12-9-6-3)45-50(55)52-48(46-53)49(54)43-40-37-34-31-28-26-24-22-20-17-14-11-8-5-2/h16,19,21,23,47-49,53-54H,4-15,17-18,20,22,24-46H2,1-3H3,(H,52,55)/b19-16+,23-21+. The van der Waals surface area contributed by atoms with Gasteiger partial charge in [-0.1, -0.05) is 225 Å². The highest BCUT2D eigenvalue weighted by Crippen LogP contribution is 2.18. The Hall–Kier alpha value is -1.66. The number of carbonyl (C=O) groups is 2. The van der Waals surface area contributed by atoms with Crippen molar-refractivity contribution in [1.82, 2.24) is 5.32 Å². The lowest BCUT2D eigenvalue weighted by Gasteiger charge is -2.24. The molecule has 336 valence electrons. The molecule has 3 atom stereocenters. The maximum atomic E-state index is 13.1. The van der Waals surface area contributed by atoms with Crippen molar-refractivity contribution in [2.24, 2.45) is 0 Å². The first-order valence-electron chi connectivity index (χ1n) is 25.1. The number of unbranched alkanes of at least 4 members (excludes halogenated alkanes) is 30. The fourth-order valence-corrected chi connectivity index (χ4v) is 7.72. The van der Waals surface area contributed by atoms with E-state index in [9.17, 15) is 19.8 Å². The molecule has 0 radical (unpaired) electrons. The van der Waals surface area contributed by atoms with E-state index in [-0.39, 0.29) is 24.9 Å². The van der Waals surface area contributed by atoms with Crippen LogP contribution in [0.1, 0.15) is 265 Å². The molecule has 0 aromatic heterocycles. The number of aliphatic hydroxyl groups is 2. The molecule has 0 aliphatic rings. The highest BCUT2D eigenvalue weighted by molar-refractivity contribution is 5.77. The molecule has 57 heavy (non-hydrogen) atoms. The Morgan fingerprint density at radius 2 is 0.877 bits per heavy atom. The largest absolute Gasteiger partial charge is 0.462 e. The first-order chi connectivity index (χ1) is 28.0. The zero-order valence-corrected chi connectivity index (χ0v) is 38.2. The van der Waals surface area contributed by atoms with Crippen LogP contribution in [-0.2, 0) is 14.3 Å². The Morgan fingerprint density at radius 1 is 0.509 bits per heavy atom. The minimum absolute atomic E-state index is 0.0773. The Morgan fingerprint density at radius 3 is 1.33 bits per heavy atom. The Labute approximate surface area is 354 Å². The molecular weight excluding hydrogens is 707 g/mol. The first-order valence-corrected chi connectivity index (χ1v) is 25.1. The molecule has 0 aromatic carbocycles. The van der Waals surface area contributed by atoms with E-state index in [1.807, 2.05) is 0 Å². The summed E-state index contributed by atoms with van der Waals surface area (Å²) < 4.78 is 5.91. The van der Waals surface area contributed by atoms with Gasteiger partial charge in [-0.25, -0.2) is 0 Å². The third-order valence-electron chi connectivity index (χ3n) is 11.6. The van der Waals surface area contributed by atoms with E-state index in [1.165, 1.54) is 167 Å². The van der Waals surface area contributed by atoms with E-state index in [1.54, 1.807) is 0 Å². The number of ether oxygens (including phenoxy) is 1. The van der Waals surface area contributed by atoms with Gasteiger partial charge in [0.25, 0.3) is 0 Å². The number of hydrogen-bond acceptors (Lipinski definition) is 5. The van der Waals surface area contributed by atoms with Gasteiger partial charge in [0.15, 0.2) is 0 Å². The predicted molar refractivity (Wildman–Crippen MR) is 246 cm³/mol. The number of amides is 1. The van der Waals surface area contributed by atoms with Crippen LogP contribution in [0, 0.1) is 0 Å². The summed E-state index contributed by atoms with van der Waals surface area (Å²) in [5.74, 6) is -0.478. The lowest BCUT2D eigenvalue weighted by atomic mass is 10.0. The first kappa shape index (κ1) is 55.3. The van der Waals surface area contributed by atoms with Crippen molar-refractivity contribution in [3.05, 3.63) is 24.3 Å². The van der Waals surface area contributed by atoms with Crippen molar-refractivity contribution in [3.63, 3.8) is 0 Å². The molecule has 0 aliphatic heterocycles. The molecule has 0 bridgehead atoms. The molecule has 0 saturated heterocycles. The van der Waals surface area contributed by atoms with Crippen molar-refractivity contribution < 1.29 is 24.5 Å². The molecule has 0 aromatic rings. The zero-order valence-electron chi connectivity index (χ0n) is 38.2. The van der Waals surface area contributed by atoms with Crippen LogP contribution in [0.3, 0.4) is 0 Å². The smallest absolute Gasteiger partial charge is 0.306 e. The number of esters is 1. The van der Waals surface area contributed by atoms with Gasteiger partial charge in [-0.15, -0.1) is 0 Å². The summed E-state index contributed by atoms with van der Waals surface area (Å²) >= 11 is 0. The number of rotatable bonds is 45. The Kier molecular flexibility index (Phi) is 44.1. The topological polar surface area (TPSA) is 95.9 Å². The highest BCUT2D eigenvalue weighted by atomic mass is 16.5. The normalized spacial score (nSPS) is 13.4. The highest BCUT2D eigenvalue weighted by Gasteiger charge is 2.24. The molecule has 0 spiro atoms. The van der Waals surface area contributed by atoms with Crippen LogP contribution in [0.5, 0.6) is 0 Å². The number of carbonyl (C=O) groups excluding carboxylic acids is 2. The minimum atomic E-state index is -0.784.